The van der Waals surface area contributed by atoms with Crippen molar-refractivity contribution in [3.63, 3.8) is 0 Å². The molecule has 0 fully saturated rings. The first kappa shape index (κ1) is 15.3. The van der Waals surface area contributed by atoms with E-state index < -0.39 is 5.82 Å². The van der Waals surface area contributed by atoms with Gasteiger partial charge in [0, 0.05) is 23.7 Å². The number of benzene rings is 2. The van der Waals surface area contributed by atoms with Crippen LogP contribution in [0.2, 0.25) is 5.02 Å². The van der Waals surface area contributed by atoms with Crippen LogP contribution in [0.1, 0.15) is 25.5 Å². The summed E-state index contributed by atoms with van der Waals surface area (Å²) in [6.07, 6.45) is 0. The van der Waals surface area contributed by atoms with Gasteiger partial charge in [0.05, 0.1) is 5.69 Å². The van der Waals surface area contributed by atoms with Crippen LogP contribution in [-0.4, -0.2) is 5.91 Å². The molecule has 21 heavy (non-hydrogen) atoms. The molecule has 0 saturated heterocycles. The Morgan fingerprint density at radius 2 is 2.00 bits per heavy atom. The molecule has 5 heteroatoms. The Labute approximate surface area is 128 Å². The van der Waals surface area contributed by atoms with Crippen LogP contribution in [0, 0.1) is 5.82 Å². The molecule has 1 atom stereocenters. The van der Waals surface area contributed by atoms with Gasteiger partial charge in [0.15, 0.2) is 0 Å². The molecule has 0 aliphatic rings. The van der Waals surface area contributed by atoms with Crippen molar-refractivity contribution in [1.29, 1.82) is 0 Å². The Kier molecular flexibility index (Phi) is 4.81. The van der Waals surface area contributed by atoms with Gasteiger partial charge in [0.1, 0.15) is 5.82 Å². The largest absolute Gasteiger partial charge is 0.378 e. The first-order valence-corrected chi connectivity index (χ1v) is 6.92. The highest BCUT2D eigenvalue weighted by Gasteiger charge is 2.09. The maximum Gasteiger partial charge on any atom is 0.221 e. The maximum atomic E-state index is 13.6. The summed E-state index contributed by atoms with van der Waals surface area (Å²) in [5, 5.41) is 6.38. The van der Waals surface area contributed by atoms with Crippen LogP contribution in [0.5, 0.6) is 0 Å². The molecular formula is C16H16ClFN2O. The minimum atomic E-state index is -0.467. The number of halogens is 2. The van der Waals surface area contributed by atoms with Gasteiger partial charge in [-0.3, -0.25) is 4.79 Å². The third-order valence-corrected chi connectivity index (χ3v) is 3.24. The third-order valence-electron chi connectivity index (χ3n) is 3.01. The van der Waals surface area contributed by atoms with E-state index in [9.17, 15) is 9.18 Å². The van der Waals surface area contributed by atoms with Crippen LogP contribution in [0.3, 0.4) is 0 Å². The summed E-state index contributed by atoms with van der Waals surface area (Å²) >= 11 is 5.97. The fourth-order valence-corrected chi connectivity index (χ4v) is 2.21. The van der Waals surface area contributed by atoms with Crippen LogP contribution in [-0.2, 0) is 4.79 Å². The van der Waals surface area contributed by atoms with Crippen molar-refractivity contribution in [1.82, 2.24) is 0 Å². The number of carbonyl (C=O) groups excluding carboxylic acids is 1. The second-order valence-electron chi connectivity index (χ2n) is 4.80. The van der Waals surface area contributed by atoms with Crippen molar-refractivity contribution in [3.05, 3.63) is 58.9 Å². The van der Waals surface area contributed by atoms with Gasteiger partial charge in [-0.1, -0.05) is 23.7 Å². The Morgan fingerprint density at radius 1 is 1.24 bits per heavy atom. The zero-order valence-corrected chi connectivity index (χ0v) is 12.5. The molecule has 0 heterocycles. The van der Waals surface area contributed by atoms with Gasteiger partial charge in [-0.15, -0.1) is 0 Å². The number of carbonyl (C=O) groups is 1. The van der Waals surface area contributed by atoms with E-state index in [0.717, 1.165) is 5.56 Å². The summed E-state index contributed by atoms with van der Waals surface area (Å²) < 4.78 is 13.6. The highest BCUT2D eigenvalue weighted by molar-refractivity contribution is 6.30. The first-order chi connectivity index (χ1) is 9.95. The zero-order chi connectivity index (χ0) is 15.4. The maximum absolute atomic E-state index is 13.6. The molecule has 2 aromatic rings. The van der Waals surface area contributed by atoms with Crippen LogP contribution in [0.15, 0.2) is 42.5 Å². The van der Waals surface area contributed by atoms with Crippen LogP contribution in [0.4, 0.5) is 15.8 Å². The zero-order valence-electron chi connectivity index (χ0n) is 11.8. The summed E-state index contributed by atoms with van der Waals surface area (Å²) in [5.41, 5.74) is 1.89. The van der Waals surface area contributed by atoms with Gasteiger partial charge >= 0.3 is 0 Å². The van der Waals surface area contributed by atoms with E-state index in [0.29, 0.717) is 10.7 Å². The fourth-order valence-electron chi connectivity index (χ4n) is 2.01. The fraction of sp³-hybridized carbons (Fsp3) is 0.188. The topological polar surface area (TPSA) is 41.1 Å². The predicted octanol–water partition coefficient (Wildman–Crippen LogP) is 4.61. The van der Waals surface area contributed by atoms with E-state index in [1.54, 1.807) is 12.1 Å². The molecule has 1 amide bonds. The number of anilines is 2. The van der Waals surface area contributed by atoms with Crippen molar-refractivity contribution in [2.24, 2.45) is 0 Å². The van der Waals surface area contributed by atoms with Gasteiger partial charge in [0.2, 0.25) is 5.91 Å². The predicted molar refractivity (Wildman–Crippen MR) is 84.2 cm³/mol. The number of hydrogen-bond donors (Lipinski definition) is 2. The molecule has 2 rings (SSSR count). The standard InChI is InChI=1S/C16H16ClFN2O/c1-10(12-4-3-5-13(17)8-12)19-14-6-7-15(18)16(9-14)20-11(2)21/h3-10,19H,1-2H3,(H,20,21). The lowest BCUT2D eigenvalue weighted by molar-refractivity contribution is -0.114. The SMILES string of the molecule is CC(=O)Nc1cc(NC(C)c2cccc(Cl)c2)ccc1F. The highest BCUT2D eigenvalue weighted by atomic mass is 35.5. The lowest BCUT2D eigenvalue weighted by Gasteiger charge is -2.17. The normalized spacial score (nSPS) is 11.8. The van der Waals surface area contributed by atoms with Crippen molar-refractivity contribution >= 4 is 28.9 Å². The van der Waals surface area contributed by atoms with Crippen molar-refractivity contribution in [3.8, 4) is 0 Å². The summed E-state index contributed by atoms with van der Waals surface area (Å²) in [6.45, 7) is 3.32. The van der Waals surface area contributed by atoms with E-state index in [-0.39, 0.29) is 17.6 Å². The van der Waals surface area contributed by atoms with E-state index in [2.05, 4.69) is 10.6 Å². The smallest absolute Gasteiger partial charge is 0.221 e. The minimum absolute atomic E-state index is 0.000612. The number of hydrogen-bond acceptors (Lipinski definition) is 2. The molecule has 0 bridgehead atoms. The summed E-state index contributed by atoms with van der Waals surface area (Å²) in [5.74, 6) is -0.778. The van der Waals surface area contributed by atoms with Crippen molar-refractivity contribution in [2.75, 3.05) is 10.6 Å². The third kappa shape index (κ3) is 4.20. The summed E-state index contributed by atoms with van der Waals surface area (Å²) in [7, 11) is 0. The molecule has 0 saturated carbocycles. The van der Waals surface area contributed by atoms with E-state index in [1.165, 1.54) is 13.0 Å². The molecule has 0 aliphatic heterocycles. The minimum Gasteiger partial charge on any atom is -0.378 e. The Balaban J connectivity index is 2.17. The molecule has 0 aromatic heterocycles. The average Bonchev–Trinajstić information content (AvgIpc) is 2.42. The van der Waals surface area contributed by atoms with E-state index in [4.69, 9.17) is 11.6 Å². The molecule has 0 radical (unpaired) electrons. The van der Waals surface area contributed by atoms with Gasteiger partial charge in [-0.25, -0.2) is 4.39 Å². The van der Waals surface area contributed by atoms with Gasteiger partial charge < -0.3 is 10.6 Å². The number of rotatable bonds is 4. The second-order valence-corrected chi connectivity index (χ2v) is 5.23. The summed E-state index contributed by atoms with van der Waals surface area (Å²) in [6, 6.07) is 12.0. The number of amides is 1. The molecule has 3 nitrogen and oxygen atoms in total. The second kappa shape index (κ2) is 6.59. The molecule has 0 aliphatic carbocycles. The molecule has 1 unspecified atom stereocenters. The van der Waals surface area contributed by atoms with Crippen LogP contribution in [0.25, 0.3) is 0 Å². The van der Waals surface area contributed by atoms with Gasteiger partial charge in [-0.05, 0) is 42.8 Å². The van der Waals surface area contributed by atoms with Crippen molar-refractivity contribution < 1.29 is 9.18 Å². The molecule has 2 N–H and O–H groups in total. The molecule has 2 aromatic carbocycles. The Hall–Kier alpha value is -2.07. The monoisotopic (exact) mass is 306 g/mol. The van der Waals surface area contributed by atoms with Crippen LogP contribution < -0.4 is 10.6 Å². The van der Waals surface area contributed by atoms with E-state index >= 15 is 0 Å². The molecule has 110 valence electrons. The highest BCUT2D eigenvalue weighted by Crippen LogP contribution is 2.25. The first-order valence-electron chi connectivity index (χ1n) is 6.55. The number of nitrogens with one attached hydrogen (secondary N) is 2. The lowest BCUT2D eigenvalue weighted by Crippen LogP contribution is -2.10. The van der Waals surface area contributed by atoms with Crippen LogP contribution >= 0.6 is 11.6 Å². The Morgan fingerprint density at radius 3 is 2.67 bits per heavy atom. The molecular weight excluding hydrogens is 291 g/mol. The summed E-state index contributed by atoms with van der Waals surface area (Å²) in [4.78, 5) is 11.0. The van der Waals surface area contributed by atoms with E-state index in [1.807, 2.05) is 31.2 Å². The van der Waals surface area contributed by atoms with Gasteiger partial charge in [-0.2, -0.15) is 0 Å². The molecule has 0 spiro atoms. The quantitative estimate of drug-likeness (QED) is 0.866. The Bertz CT molecular complexity index is 660. The average molecular weight is 307 g/mol. The van der Waals surface area contributed by atoms with Crippen molar-refractivity contribution in [2.45, 2.75) is 19.9 Å². The lowest BCUT2D eigenvalue weighted by atomic mass is 10.1. The van der Waals surface area contributed by atoms with Gasteiger partial charge in [0.25, 0.3) is 0 Å².